The van der Waals surface area contributed by atoms with Crippen LogP contribution < -0.4 is 15.2 Å². The van der Waals surface area contributed by atoms with Gasteiger partial charge in [0.1, 0.15) is 11.8 Å². The number of aromatic nitrogens is 6. The number of nitrogens with zero attached hydrogens (tertiary/aromatic N) is 7. The normalized spacial score (nSPS) is 15.7. The summed E-state index contributed by atoms with van der Waals surface area (Å²) in [6.07, 6.45) is 0.842. The number of para-hydroxylation sites is 1. The number of pyridine rings is 1. The topological polar surface area (TPSA) is 105 Å². The molecule has 1 saturated heterocycles. The van der Waals surface area contributed by atoms with E-state index < -0.39 is 6.04 Å². The molecule has 2 aromatic carbocycles. The van der Waals surface area contributed by atoms with Crippen LogP contribution in [0.2, 0.25) is 0 Å². The molecule has 10 nitrogen and oxygen atoms in total. The van der Waals surface area contributed by atoms with Crippen LogP contribution >= 0.6 is 11.3 Å². The molecule has 6 rings (SSSR count). The highest BCUT2D eigenvalue weighted by Gasteiger charge is 2.36. The SMILES string of the molecule is CCC(C)(C)n1nnnc1[C@H](c1cc2cc(OC)ccc2[nH]c1=O)N1CCN(c2nc3ccccc3s2)CC1. The molecule has 0 spiro atoms. The summed E-state index contributed by atoms with van der Waals surface area (Å²) >= 11 is 1.72. The van der Waals surface area contributed by atoms with E-state index in [1.165, 1.54) is 4.70 Å². The number of aromatic amines is 1. The fourth-order valence-electron chi connectivity index (χ4n) is 5.14. The molecule has 0 bridgehead atoms. The number of tetrazole rings is 1. The molecule has 1 N–H and O–H groups in total. The lowest BCUT2D eigenvalue weighted by Crippen LogP contribution is -2.49. The van der Waals surface area contributed by atoms with E-state index in [0.29, 0.717) is 11.4 Å². The fraction of sp³-hybridized carbons (Fsp3) is 0.393. The molecule has 202 valence electrons. The van der Waals surface area contributed by atoms with Gasteiger partial charge in [0.15, 0.2) is 11.0 Å². The van der Waals surface area contributed by atoms with Gasteiger partial charge in [-0.2, -0.15) is 0 Å². The van der Waals surface area contributed by atoms with Crippen LogP contribution in [0.5, 0.6) is 5.75 Å². The Hall–Kier alpha value is -3.83. The van der Waals surface area contributed by atoms with Gasteiger partial charge in [-0.15, -0.1) is 5.10 Å². The minimum atomic E-state index is -0.414. The van der Waals surface area contributed by atoms with Crippen molar-refractivity contribution in [2.75, 3.05) is 38.2 Å². The van der Waals surface area contributed by atoms with Crippen molar-refractivity contribution in [1.29, 1.82) is 0 Å². The van der Waals surface area contributed by atoms with Crippen LogP contribution in [0.1, 0.15) is 44.6 Å². The standard InChI is InChI=1S/C28H32N8O2S/c1-5-28(2,3)36-25(31-32-33-36)24(20-17-18-16-19(38-4)10-11-21(18)29-26(20)37)34-12-14-35(15-13-34)27-30-22-8-6-7-9-23(22)39-27/h6-11,16-17,24H,5,12-15H2,1-4H3,(H,29,37)/t24-/m0/s1. The Morgan fingerprint density at radius 3 is 2.64 bits per heavy atom. The average Bonchev–Trinajstić information content (AvgIpc) is 3.62. The number of nitrogens with one attached hydrogen (secondary N) is 1. The first-order valence-corrected chi connectivity index (χ1v) is 14.0. The summed E-state index contributed by atoms with van der Waals surface area (Å²) in [5.74, 6) is 1.40. The Morgan fingerprint density at radius 1 is 1.10 bits per heavy atom. The largest absolute Gasteiger partial charge is 0.497 e. The number of hydrogen-bond acceptors (Lipinski definition) is 9. The predicted molar refractivity (Wildman–Crippen MR) is 154 cm³/mol. The lowest BCUT2D eigenvalue weighted by Gasteiger charge is -2.39. The zero-order chi connectivity index (χ0) is 27.1. The first-order chi connectivity index (χ1) is 18.9. The Labute approximate surface area is 230 Å². The van der Waals surface area contributed by atoms with E-state index in [0.717, 1.165) is 59.9 Å². The number of ether oxygens (including phenoxy) is 1. The van der Waals surface area contributed by atoms with Crippen LogP contribution in [0.3, 0.4) is 0 Å². The van der Waals surface area contributed by atoms with E-state index in [-0.39, 0.29) is 11.1 Å². The van der Waals surface area contributed by atoms with E-state index in [2.05, 4.69) is 63.2 Å². The van der Waals surface area contributed by atoms with Gasteiger partial charge < -0.3 is 14.6 Å². The molecule has 11 heteroatoms. The van der Waals surface area contributed by atoms with Crippen LogP contribution in [0.4, 0.5) is 5.13 Å². The van der Waals surface area contributed by atoms with Gasteiger partial charge in [-0.25, -0.2) is 9.67 Å². The zero-order valence-electron chi connectivity index (χ0n) is 22.6. The lowest BCUT2D eigenvalue weighted by molar-refractivity contribution is 0.186. The number of hydrogen-bond donors (Lipinski definition) is 1. The summed E-state index contributed by atoms with van der Waals surface area (Å²) in [5.41, 5.74) is 1.95. The lowest BCUT2D eigenvalue weighted by atomic mass is 9.99. The molecule has 1 aliphatic heterocycles. The second-order valence-corrected chi connectivity index (χ2v) is 11.5. The minimum absolute atomic E-state index is 0.143. The van der Waals surface area contributed by atoms with Gasteiger partial charge >= 0.3 is 0 Å². The van der Waals surface area contributed by atoms with Crippen LogP contribution in [0.15, 0.2) is 53.3 Å². The van der Waals surface area contributed by atoms with E-state index in [1.807, 2.05) is 41.1 Å². The van der Waals surface area contributed by atoms with Crippen molar-refractivity contribution in [3.63, 3.8) is 0 Å². The molecule has 4 heterocycles. The first kappa shape index (κ1) is 25.4. The van der Waals surface area contributed by atoms with Gasteiger partial charge in [0.05, 0.1) is 22.9 Å². The Kier molecular flexibility index (Phi) is 6.56. The molecule has 0 aliphatic carbocycles. The zero-order valence-corrected chi connectivity index (χ0v) is 23.4. The number of H-pyrrole nitrogens is 1. The smallest absolute Gasteiger partial charge is 0.253 e. The molecule has 1 fully saturated rings. The van der Waals surface area contributed by atoms with E-state index in [4.69, 9.17) is 9.72 Å². The van der Waals surface area contributed by atoms with E-state index >= 15 is 0 Å². The van der Waals surface area contributed by atoms with Gasteiger partial charge in [0, 0.05) is 42.6 Å². The van der Waals surface area contributed by atoms with Gasteiger partial charge in [-0.1, -0.05) is 30.4 Å². The highest BCUT2D eigenvalue weighted by Crippen LogP contribution is 2.34. The molecule has 0 amide bonds. The van der Waals surface area contributed by atoms with Crippen molar-refractivity contribution in [2.24, 2.45) is 0 Å². The average molecular weight is 545 g/mol. The third-order valence-corrected chi connectivity index (χ3v) is 8.88. The van der Waals surface area contributed by atoms with Crippen LogP contribution in [-0.2, 0) is 5.54 Å². The summed E-state index contributed by atoms with van der Waals surface area (Å²) in [6.45, 7) is 9.38. The van der Waals surface area contributed by atoms with Crippen LogP contribution in [0.25, 0.3) is 21.1 Å². The van der Waals surface area contributed by atoms with Crippen molar-refractivity contribution in [3.05, 3.63) is 70.3 Å². The number of thiazole rings is 1. The Balaban J connectivity index is 1.39. The van der Waals surface area contributed by atoms with Crippen molar-refractivity contribution < 1.29 is 4.74 Å². The Bertz CT molecular complexity index is 1650. The third-order valence-electron chi connectivity index (χ3n) is 7.78. The highest BCUT2D eigenvalue weighted by molar-refractivity contribution is 7.22. The summed E-state index contributed by atoms with van der Waals surface area (Å²) in [4.78, 5) is 26.1. The molecule has 5 aromatic rings. The number of rotatable bonds is 7. The first-order valence-electron chi connectivity index (χ1n) is 13.2. The van der Waals surface area contributed by atoms with Crippen molar-refractivity contribution >= 4 is 37.6 Å². The number of fused-ring (bicyclic) bond motifs is 2. The summed E-state index contributed by atoms with van der Waals surface area (Å²) in [7, 11) is 1.64. The minimum Gasteiger partial charge on any atom is -0.497 e. The molecule has 1 atom stereocenters. The molecular formula is C28H32N8O2S. The summed E-state index contributed by atoms with van der Waals surface area (Å²) in [6, 6.07) is 15.4. The number of benzene rings is 2. The maximum Gasteiger partial charge on any atom is 0.253 e. The highest BCUT2D eigenvalue weighted by atomic mass is 32.1. The third kappa shape index (κ3) is 4.65. The molecule has 0 radical (unpaired) electrons. The van der Waals surface area contributed by atoms with E-state index in [1.54, 1.807) is 18.4 Å². The van der Waals surface area contributed by atoms with Gasteiger partial charge in [-0.3, -0.25) is 9.69 Å². The van der Waals surface area contributed by atoms with Crippen molar-refractivity contribution in [1.82, 2.24) is 35.1 Å². The van der Waals surface area contributed by atoms with Gasteiger partial charge in [0.2, 0.25) is 0 Å². The summed E-state index contributed by atoms with van der Waals surface area (Å²) < 4.78 is 8.51. The van der Waals surface area contributed by atoms with Crippen molar-refractivity contribution in [2.45, 2.75) is 38.8 Å². The maximum absolute atomic E-state index is 13.6. The number of methoxy groups -OCH3 is 1. The fourth-order valence-corrected chi connectivity index (χ4v) is 6.16. The molecule has 0 unspecified atom stereocenters. The second kappa shape index (κ2) is 10.0. The van der Waals surface area contributed by atoms with Crippen LogP contribution in [-0.4, -0.2) is 68.4 Å². The molecule has 0 saturated carbocycles. The summed E-state index contributed by atoms with van der Waals surface area (Å²) in [5, 5.41) is 14.9. The maximum atomic E-state index is 13.6. The predicted octanol–water partition coefficient (Wildman–Crippen LogP) is 4.19. The second-order valence-electron chi connectivity index (χ2n) is 10.5. The molecular weight excluding hydrogens is 512 g/mol. The van der Waals surface area contributed by atoms with Gasteiger partial charge in [-0.05, 0) is 67.1 Å². The number of anilines is 1. The molecule has 1 aliphatic rings. The molecule has 3 aromatic heterocycles. The van der Waals surface area contributed by atoms with Crippen LogP contribution in [0, 0.1) is 0 Å². The number of piperazine rings is 1. The van der Waals surface area contributed by atoms with E-state index in [9.17, 15) is 4.79 Å². The monoisotopic (exact) mass is 544 g/mol. The Morgan fingerprint density at radius 2 is 1.90 bits per heavy atom. The van der Waals surface area contributed by atoms with Gasteiger partial charge in [0.25, 0.3) is 5.56 Å². The van der Waals surface area contributed by atoms with Crippen molar-refractivity contribution in [3.8, 4) is 5.75 Å². The quantitative estimate of drug-likeness (QED) is 0.325. The molecule has 39 heavy (non-hydrogen) atoms.